The molecule has 2 rings (SSSR count). The minimum Gasteiger partial charge on any atom is -0.399 e. The van der Waals surface area contributed by atoms with E-state index in [4.69, 9.17) is 5.73 Å². The van der Waals surface area contributed by atoms with Gasteiger partial charge in [0, 0.05) is 5.69 Å². The molecule has 8 heteroatoms. The van der Waals surface area contributed by atoms with Crippen molar-refractivity contribution in [2.24, 2.45) is 0 Å². The zero-order valence-electron chi connectivity index (χ0n) is 11.2. The molecule has 2 aromatic rings. The van der Waals surface area contributed by atoms with E-state index >= 15 is 0 Å². The summed E-state index contributed by atoms with van der Waals surface area (Å²) in [6.45, 7) is 3.49. The SMILES string of the molecule is Cc1nnc(NS(=O)(=O)Cc2cccc(N)c2)nc1C. The van der Waals surface area contributed by atoms with E-state index in [1.165, 1.54) is 0 Å². The van der Waals surface area contributed by atoms with Crippen LogP contribution in [0.5, 0.6) is 0 Å². The molecule has 0 saturated heterocycles. The Hall–Kier alpha value is -2.22. The monoisotopic (exact) mass is 293 g/mol. The van der Waals surface area contributed by atoms with Gasteiger partial charge in [-0.25, -0.2) is 18.1 Å². The molecule has 20 heavy (non-hydrogen) atoms. The van der Waals surface area contributed by atoms with Crippen molar-refractivity contribution in [1.29, 1.82) is 0 Å². The Balaban J connectivity index is 2.17. The van der Waals surface area contributed by atoms with Crippen LogP contribution in [0.4, 0.5) is 11.6 Å². The molecule has 0 spiro atoms. The molecular weight excluding hydrogens is 278 g/mol. The van der Waals surface area contributed by atoms with E-state index in [9.17, 15) is 8.42 Å². The Morgan fingerprint density at radius 2 is 1.95 bits per heavy atom. The molecule has 0 atom stereocenters. The maximum absolute atomic E-state index is 12.0. The Morgan fingerprint density at radius 3 is 2.60 bits per heavy atom. The summed E-state index contributed by atoms with van der Waals surface area (Å²) in [5.41, 5.74) is 8.01. The molecule has 0 saturated carbocycles. The van der Waals surface area contributed by atoms with Crippen molar-refractivity contribution in [2.45, 2.75) is 19.6 Å². The zero-order chi connectivity index (χ0) is 14.8. The Kier molecular flexibility index (Phi) is 3.84. The van der Waals surface area contributed by atoms with Gasteiger partial charge in [-0.3, -0.25) is 0 Å². The molecule has 0 bridgehead atoms. The van der Waals surface area contributed by atoms with Crippen LogP contribution < -0.4 is 10.5 Å². The van der Waals surface area contributed by atoms with Crippen molar-refractivity contribution >= 4 is 21.7 Å². The molecule has 0 aliphatic carbocycles. The van der Waals surface area contributed by atoms with Crippen molar-refractivity contribution in [3.8, 4) is 0 Å². The van der Waals surface area contributed by atoms with Crippen molar-refractivity contribution in [3.63, 3.8) is 0 Å². The highest BCUT2D eigenvalue weighted by Crippen LogP contribution is 2.12. The third kappa shape index (κ3) is 3.64. The molecule has 0 aliphatic heterocycles. The van der Waals surface area contributed by atoms with Crippen molar-refractivity contribution in [1.82, 2.24) is 15.2 Å². The first kappa shape index (κ1) is 14.2. The number of hydrogen-bond acceptors (Lipinski definition) is 6. The van der Waals surface area contributed by atoms with E-state index in [2.05, 4.69) is 19.9 Å². The lowest BCUT2D eigenvalue weighted by Crippen LogP contribution is -2.18. The maximum Gasteiger partial charge on any atom is 0.256 e. The number of benzene rings is 1. The van der Waals surface area contributed by atoms with E-state index < -0.39 is 10.0 Å². The van der Waals surface area contributed by atoms with Gasteiger partial charge in [-0.1, -0.05) is 12.1 Å². The molecule has 1 heterocycles. The summed E-state index contributed by atoms with van der Waals surface area (Å²) >= 11 is 0. The predicted octanol–water partition coefficient (Wildman–Crippen LogP) is 1.01. The zero-order valence-corrected chi connectivity index (χ0v) is 12.0. The van der Waals surface area contributed by atoms with Gasteiger partial charge in [-0.05, 0) is 31.5 Å². The van der Waals surface area contributed by atoms with Gasteiger partial charge < -0.3 is 5.73 Å². The fourth-order valence-electron chi connectivity index (χ4n) is 1.58. The summed E-state index contributed by atoms with van der Waals surface area (Å²) in [4.78, 5) is 4.03. The molecular formula is C12H15N5O2S. The first-order chi connectivity index (χ1) is 9.35. The number of anilines is 2. The highest BCUT2D eigenvalue weighted by atomic mass is 32.2. The van der Waals surface area contributed by atoms with Crippen LogP contribution in [0.2, 0.25) is 0 Å². The summed E-state index contributed by atoms with van der Waals surface area (Å²) in [6, 6.07) is 6.70. The van der Waals surface area contributed by atoms with Crippen LogP contribution >= 0.6 is 0 Å². The van der Waals surface area contributed by atoms with Crippen LogP contribution in [-0.2, 0) is 15.8 Å². The van der Waals surface area contributed by atoms with Crippen LogP contribution in [0, 0.1) is 13.8 Å². The number of nitrogens with zero attached hydrogens (tertiary/aromatic N) is 3. The minimum atomic E-state index is -3.60. The number of nitrogens with two attached hydrogens (primary N) is 1. The van der Waals surface area contributed by atoms with Gasteiger partial charge in [0.2, 0.25) is 10.0 Å². The lowest BCUT2D eigenvalue weighted by Gasteiger charge is -2.07. The summed E-state index contributed by atoms with van der Waals surface area (Å²) in [7, 11) is -3.60. The van der Waals surface area contributed by atoms with Gasteiger partial charge in [-0.15, -0.1) is 5.10 Å². The summed E-state index contributed by atoms with van der Waals surface area (Å²) in [5, 5.41) is 7.53. The molecule has 7 nitrogen and oxygen atoms in total. The Morgan fingerprint density at radius 1 is 1.20 bits per heavy atom. The number of rotatable bonds is 4. The largest absolute Gasteiger partial charge is 0.399 e. The molecule has 1 aromatic carbocycles. The molecule has 0 aliphatic rings. The number of hydrogen-bond donors (Lipinski definition) is 2. The summed E-state index contributed by atoms with van der Waals surface area (Å²) in [5.74, 6) is -0.231. The number of sulfonamides is 1. The second kappa shape index (κ2) is 5.41. The normalized spacial score (nSPS) is 11.3. The van der Waals surface area contributed by atoms with E-state index in [1.807, 2.05) is 0 Å². The van der Waals surface area contributed by atoms with Crippen molar-refractivity contribution in [3.05, 3.63) is 41.2 Å². The molecule has 3 N–H and O–H groups in total. The second-order valence-electron chi connectivity index (χ2n) is 4.41. The van der Waals surface area contributed by atoms with Gasteiger partial charge in [0.05, 0.1) is 17.1 Å². The topological polar surface area (TPSA) is 111 Å². The fourth-order valence-corrected chi connectivity index (χ4v) is 2.63. The van der Waals surface area contributed by atoms with Crippen LogP contribution in [0.3, 0.4) is 0 Å². The highest BCUT2D eigenvalue weighted by Gasteiger charge is 2.14. The summed E-state index contributed by atoms with van der Waals surface area (Å²) in [6.07, 6.45) is 0. The van der Waals surface area contributed by atoms with E-state index in [1.54, 1.807) is 38.1 Å². The lowest BCUT2D eigenvalue weighted by atomic mass is 10.2. The van der Waals surface area contributed by atoms with Crippen LogP contribution in [0.25, 0.3) is 0 Å². The third-order valence-corrected chi connectivity index (χ3v) is 3.85. The number of aromatic nitrogens is 3. The summed E-state index contributed by atoms with van der Waals surface area (Å²) < 4.78 is 26.3. The first-order valence-corrected chi connectivity index (χ1v) is 7.54. The molecule has 0 amide bonds. The average Bonchev–Trinajstić information content (AvgIpc) is 2.33. The van der Waals surface area contributed by atoms with Gasteiger partial charge in [0.1, 0.15) is 0 Å². The molecule has 1 aromatic heterocycles. The van der Waals surface area contributed by atoms with Crippen LogP contribution in [0.15, 0.2) is 24.3 Å². The fraction of sp³-hybridized carbons (Fsp3) is 0.250. The van der Waals surface area contributed by atoms with Crippen molar-refractivity contribution < 1.29 is 8.42 Å². The van der Waals surface area contributed by atoms with Crippen molar-refractivity contribution in [2.75, 3.05) is 10.5 Å². The maximum atomic E-state index is 12.0. The number of nitrogens with one attached hydrogen (secondary N) is 1. The van der Waals surface area contributed by atoms with Gasteiger partial charge in [0.25, 0.3) is 5.95 Å². The quantitative estimate of drug-likeness (QED) is 0.814. The molecule has 0 unspecified atom stereocenters. The second-order valence-corrected chi connectivity index (χ2v) is 6.13. The lowest BCUT2D eigenvalue weighted by molar-refractivity contribution is 0.600. The first-order valence-electron chi connectivity index (χ1n) is 5.88. The number of nitrogen functional groups attached to an aromatic ring is 1. The van der Waals surface area contributed by atoms with Gasteiger partial charge in [-0.2, -0.15) is 5.10 Å². The molecule has 0 fully saturated rings. The molecule has 0 radical (unpaired) electrons. The standard InChI is InChI=1S/C12H15N5O2S/c1-8-9(2)15-16-12(14-8)17-20(18,19)7-10-4-3-5-11(13)6-10/h3-6H,7,13H2,1-2H3,(H,14,16,17). The third-order valence-electron chi connectivity index (χ3n) is 2.65. The van der Waals surface area contributed by atoms with Gasteiger partial charge >= 0.3 is 0 Å². The predicted molar refractivity (Wildman–Crippen MR) is 76.4 cm³/mol. The number of aryl methyl sites for hydroxylation is 2. The van der Waals surface area contributed by atoms with Gasteiger partial charge in [0.15, 0.2) is 0 Å². The average molecular weight is 293 g/mol. The Bertz CT molecular complexity index is 730. The van der Waals surface area contributed by atoms with Crippen LogP contribution in [-0.4, -0.2) is 23.6 Å². The minimum absolute atomic E-state index is 0.0306. The smallest absolute Gasteiger partial charge is 0.256 e. The van der Waals surface area contributed by atoms with E-state index in [0.717, 1.165) is 0 Å². The van der Waals surface area contributed by atoms with E-state index in [0.29, 0.717) is 22.6 Å². The van der Waals surface area contributed by atoms with Crippen LogP contribution in [0.1, 0.15) is 17.0 Å². The van der Waals surface area contributed by atoms with E-state index in [-0.39, 0.29) is 11.7 Å². The molecule has 106 valence electrons. The Labute approximate surface area is 117 Å². The highest BCUT2D eigenvalue weighted by molar-refractivity contribution is 7.91.